The van der Waals surface area contributed by atoms with Crippen LogP contribution >= 0.6 is 22.7 Å². The van der Waals surface area contributed by atoms with Gasteiger partial charge in [-0.1, -0.05) is 0 Å². The first kappa shape index (κ1) is 29.7. The lowest BCUT2D eigenvalue weighted by atomic mass is 10.3. The van der Waals surface area contributed by atoms with Crippen molar-refractivity contribution in [1.82, 2.24) is 8.61 Å². The summed E-state index contributed by atoms with van der Waals surface area (Å²) in [6.07, 6.45) is 4.33. The Morgan fingerprint density at radius 3 is 1.57 bits per heavy atom. The molecule has 10 nitrogen and oxygen atoms in total. The number of aromatic carboxylic acids is 1. The second kappa shape index (κ2) is 11.5. The van der Waals surface area contributed by atoms with Gasteiger partial charge in [0.2, 0.25) is 0 Å². The van der Waals surface area contributed by atoms with Crippen LogP contribution in [0.1, 0.15) is 56.2 Å². The molecule has 0 unspecified atom stereocenters. The zero-order valence-corrected chi connectivity index (χ0v) is 24.7. The van der Waals surface area contributed by atoms with Gasteiger partial charge in [0.1, 0.15) is 18.2 Å². The number of aryl methyl sites for hydroxylation is 2. The first-order chi connectivity index (χ1) is 17.2. The maximum Gasteiger partial charge on any atom is 0.348 e. The van der Waals surface area contributed by atoms with Gasteiger partial charge in [0, 0.05) is 27.2 Å². The molecule has 0 radical (unpaired) electrons. The second-order valence-corrected chi connectivity index (χ2v) is 16.0. The van der Waals surface area contributed by atoms with Crippen molar-refractivity contribution in [3.63, 3.8) is 0 Å². The number of carboxylic acid groups (broad SMARTS) is 1. The van der Waals surface area contributed by atoms with Gasteiger partial charge in [-0.15, -0.1) is 22.7 Å². The normalized spacial score (nSPS) is 16.0. The van der Waals surface area contributed by atoms with Gasteiger partial charge in [0.25, 0.3) is 20.0 Å². The Bertz CT molecular complexity index is 1370. The summed E-state index contributed by atoms with van der Waals surface area (Å²) in [4.78, 5) is 22.7. The highest BCUT2D eigenvalue weighted by Gasteiger charge is 2.33. The van der Waals surface area contributed by atoms with Crippen LogP contribution in [0.5, 0.6) is 0 Å². The van der Waals surface area contributed by atoms with Gasteiger partial charge in [-0.2, -0.15) is 8.61 Å². The summed E-state index contributed by atoms with van der Waals surface area (Å²) in [6.45, 7) is 4.39. The van der Waals surface area contributed by atoms with Gasteiger partial charge in [-0.25, -0.2) is 26.4 Å². The molecule has 2 saturated carbocycles. The molecule has 0 bridgehead atoms. The Labute approximate surface area is 226 Å². The van der Waals surface area contributed by atoms with Crippen LogP contribution in [0.4, 0.5) is 0 Å². The molecule has 0 spiro atoms. The molecular formula is C23H32N2O8S4. The summed E-state index contributed by atoms with van der Waals surface area (Å²) < 4.78 is 57.1. The predicted molar refractivity (Wildman–Crippen MR) is 141 cm³/mol. The van der Waals surface area contributed by atoms with Crippen LogP contribution in [0.2, 0.25) is 0 Å². The highest BCUT2D eigenvalue weighted by Crippen LogP contribution is 2.35. The van der Waals surface area contributed by atoms with E-state index in [9.17, 15) is 26.4 Å². The Balaban J connectivity index is 0.000000206. The SMILES string of the molecule is COC(=O)c1cc(C)c(S(=O)(=O)N(C)CC2CC2)s1.Cc1cc(C(=O)O)sc1S(=O)(=O)N(C)CC1CC1. The number of sulfonamides is 2. The van der Waals surface area contributed by atoms with Gasteiger partial charge in [-0.3, -0.25) is 0 Å². The summed E-state index contributed by atoms with van der Waals surface area (Å²) in [5.74, 6) is -0.641. The second-order valence-electron chi connectivity index (χ2n) is 9.42. The van der Waals surface area contributed by atoms with Gasteiger partial charge in [-0.05, 0) is 74.6 Å². The van der Waals surface area contributed by atoms with E-state index in [2.05, 4.69) is 4.74 Å². The third-order valence-electron chi connectivity index (χ3n) is 6.06. The van der Waals surface area contributed by atoms with E-state index < -0.39 is 32.0 Å². The van der Waals surface area contributed by atoms with Crippen LogP contribution in [-0.2, 0) is 24.8 Å². The predicted octanol–water partition coefficient (Wildman–Crippen LogP) is 3.66. The number of hydrogen-bond acceptors (Lipinski definition) is 9. The van der Waals surface area contributed by atoms with Crippen molar-refractivity contribution in [1.29, 1.82) is 0 Å². The van der Waals surface area contributed by atoms with Crippen molar-refractivity contribution in [3.8, 4) is 0 Å². The van der Waals surface area contributed by atoms with E-state index in [1.54, 1.807) is 34.0 Å². The van der Waals surface area contributed by atoms with Crippen LogP contribution in [0.15, 0.2) is 20.6 Å². The minimum atomic E-state index is -3.55. The zero-order chi connectivity index (χ0) is 27.7. The fraction of sp³-hybridized carbons (Fsp3) is 0.565. The largest absolute Gasteiger partial charge is 0.477 e. The van der Waals surface area contributed by atoms with Crippen LogP contribution in [0, 0.1) is 25.7 Å². The van der Waals surface area contributed by atoms with E-state index in [1.165, 1.54) is 21.8 Å². The molecule has 1 N–H and O–H groups in total. The minimum absolute atomic E-state index is 0.0610. The Hall–Kier alpha value is -1.84. The number of ether oxygens (including phenoxy) is 1. The Morgan fingerprint density at radius 2 is 1.24 bits per heavy atom. The number of nitrogens with zero attached hydrogens (tertiary/aromatic N) is 2. The molecular weight excluding hydrogens is 561 g/mol. The van der Waals surface area contributed by atoms with E-state index in [1.807, 2.05) is 0 Å². The summed E-state index contributed by atoms with van der Waals surface area (Å²) in [5, 5.41) is 8.88. The highest BCUT2D eigenvalue weighted by atomic mass is 32.3. The van der Waals surface area contributed by atoms with E-state index in [0.717, 1.165) is 48.4 Å². The van der Waals surface area contributed by atoms with Crippen LogP contribution < -0.4 is 0 Å². The van der Waals surface area contributed by atoms with E-state index in [0.29, 0.717) is 40.9 Å². The molecule has 0 atom stereocenters. The summed E-state index contributed by atoms with van der Waals surface area (Å²) >= 11 is 1.79. The molecule has 2 aliphatic rings. The average molecular weight is 593 g/mol. The maximum absolute atomic E-state index is 12.4. The number of thiophene rings is 2. The average Bonchev–Trinajstić information content (AvgIpc) is 3.74. The van der Waals surface area contributed by atoms with Crippen molar-refractivity contribution < 1.29 is 36.3 Å². The van der Waals surface area contributed by atoms with E-state index in [4.69, 9.17) is 5.11 Å². The molecule has 4 rings (SSSR count). The lowest BCUT2D eigenvalue weighted by molar-refractivity contribution is 0.0605. The summed E-state index contributed by atoms with van der Waals surface area (Å²) in [7, 11) is -2.63. The van der Waals surface area contributed by atoms with Crippen molar-refractivity contribution in [2.45, 2.75) is 47.9 Å². The van der Waals surface area contributed by atoms with E-state index in [-0.39, 0.29) is 13.3 Å². The Kier molecular flexibility index (Phi) is 9.23. The van der Waals surface area contributed by atoms with E-state index >= 15 is 0 Å². The highest BCUT2D eigenvalue weighted by molar-refractivity contribution is 7.91. The number of methoxy groups -OCH3 is 1. The van der Waals surface area contributed by atoms with Crippen LogP contribution in [0.3, 0.4) is 0 Å². The first-order valence-electron chi connectivity index (χ1n) is 11.6. The fourth-order valence-corrected chi connectivity index (χ4v) is 9.58. The maximum atomic E-state index is 12.4. The molecule has 2 fully saturated rings. The molecule has 0 aromatic carbocycles. The van der Waals surface area contributed by atoms with Gasteiger partial charge < -0.3 is 9.84 Å². The molecule has 37 heavy (non-hydrogen) atoms. The van der Waals surface area contributed by atoms with Crippen LogP contribution in [-0.4, -0.2) is 76.8 Å². The number of carbonyl (C=O) groups is 2. The molecule has 2 aromatic heterocycles. The number of carbonyl (C=O) groups excluding carboxylic acids is 1. The van der Waals surface area contributed by atoms with Crippen molar-refractivity contribution in [2.75, 3.05) is 34.3 Å². The Morgan fingerprint density at radius 1 is 0.865 bits per heavy atom. The van der Waals surface area contributed by atoms with Crippen LogP contribution in [0.25, 0.3) is 0 Å². The summed E-state index contributed by atoms with van der Waals surface area (Å²) in [6, 6.07) is 2.97. The number of hydrogen-bond donors (Lipinski definition) is 1. The molecule has 0 saturated heterocycles. The smallest absolute Gasteiger partial charge is 0.348 e. The summed E-state index contributed by atoms with van der Waals surface area (Å²) in [5.41, 5.74) is 1.09. The van der Waals surface area contributed by atoms with Gasteiger partial charge in [0.15, 0.2) is 0 Å². The molecule has 0 aliphatic heterocycles. The third kappa shape index (κ3) is 7.18. The minimum Gasteiger partial charge on any atom is -0.477 e. The number of carboxylic acids is 1. The third-order valence-corrected chi connectivity index (χ3v) is 13.4. The molecule has 2 heterocycles. The number of rotatable bonds is 10. The topological polar surface area (TPSA) is 138 Å². The quantitative estimate of drug-likeness (QED) is 0.413. The molecule has 2 aromatic rings. The van der Waals surface area contributed by atoms with Gasteiger partial charge in [0.05, 0.1) is 7.11 Å². The fourth-order valence-electron chi connectivity index (χ4n) is 3.56. The number of esters is 1. The lowest BCUT2D eigenvalue weighted by Gasteiger charge is -2.16. The first-order valence-corrected chi connectivity index (χ1v) is 16.1. The molecule has 14 heteroatoms. The van der Waals surface area contributed by atoms with Crippen molar-refractivity contribution in [3.05, 3.63) is 33.0 Å². The molecule has 206 valence electrons. The van der Waals surface area contributed by atoms with Crippen molar-refractivity contribution >= 4 is 54.7 Å². The van der Waals surface area contributed by atoms with Crippen molar-refractivity contribution in [2.24, 2.45) is 11.8 Å². The monoisotopic (exact) mass is 592 g/mol. The lowest BCUT2D eigenvalue weighted by Crippen LogP contribution is -2.28. The molecule has 2 aliphatic carbocycles. The van der Waals surface area contributed by atoms with Gasteiger partial charge >= 0.3 is 11.9 Å². The standard InChI is InChI=1S/C12H17NO4S2.C11H15NO4S2/c1-8-6-10(11(14)17-3)18-12(8)19(15,16)13(2)7-9-4-5-9;1-7-5-9(10(13)14)17-11(7)18(15,16)12(2)6-8-3-4-8/h6,9H,4-5,7H2,1-3H3;5,8H,3-4,6H2,1-2H3,(H,13,14). The zero-order valence-electron chi connectivity index (χ0n) is 21.4. The molecule has 0 amide bonds.